The highest BCUT2D eigenvalue weighted by atomic mass is 32.1. The van der Waals surface area contributed by atoms with Gasteiger partial charge in [-0.25, -0.2) is 4.39 Å². The Labute approximate surface area is 121 Å². The normalized spacial score (nSPS) is 12.4. The van der Waals surface area contributed by atoms with Crippen molar-refractivity contribution in [2.45, 2.75) is 19.9 Å². The molecule has 0 spiro atoms. The van der Waals surface area contributed by atoms with Crippen LogP contribution in [0.15, 0.2) is 35.7 Å². The number of anilines is 1. The summed E-state index contributed by atoms with van der Waals surface area (Å²) in [5.74, 6) is -0.501. The second-order valence-corrected chi connectivity index (χ2v) is 5.93. The maximum absolute atomic E-state index is 13.1. The summed E-state index contributed by atoms with van der Waals surface area (Å²) in [4.78, 5) is 13.3. The monoisotopic (exact) mass is 292 g/mol. The van der Waals surface area contributed by atoms with Gasteiger partial charge in [0, 0.05) is 10.4 Å². The lowest BCUT2D eigenvalue weighted by Gasteiger charge is -2.21. The molecule has 2 rings (SSSR count). The molecule has 0 saturated heterocycles. The van der Waals surface area contributed by atoms with Crippen molar-refractivity contribution in [1.29, 1.82) is 0 Å². The van der Waals surface area contributed by atoms with E-state index in [4.69, 9.17) is 5.73 Å². The van der Waals surface area contributed by atoms with Crippen LogP contribution in [0.25, 0.3) is 0 Å². The molecule has 1 aromatic carbocycles. The molecule has 5 heteroatoms. The van der Waals surface area contributed by atoms with Gasteiger partial charge in [-0.1, -0.05) is 19.9 Å². The van der Waals surface area contributed by atoms with Crippen molar-refractivity contribution in [3.63, 3.8) is 0 Å². The molecule has 0 aliphatic heterocycles. The number of amides is 1. The lowest BCUT2D eigenvalue weighted by molar-refractivity contribution is 0.0926. The molecule has 3 N–H and O–H groups in total. The molecule has 0 radical (unpaired) electrons. The molecule has 0 bridgehead atoms. The first-order valence-corrected chi connectivity index (χ1v) is 7.26. The number of nitrogens with two attached hydrogens (primary N) is 1. The van der Waals surface area contributed by atoms with Gasteiger partial charge in [0.1, 0.15) is 5.82 Å². The lowest BCUT2D eigenvalue weighted by atomic mass is 10.0. The molecule has 1 unspecified atom stereocenters. The molecule has 1 amide bonds. The third-order valence-corrected chi connectivity index (χ3v) is 4.02. The number of benzene rings is 1. The lowest BCUT2D eigenvalue weighted by Crippen LogP contribution is -2.31. The van der Waals surface area contributed by atoms with Crippen molar-refractivity contribution in [2.75, 3.05) is 5.73 Å². The fraction of sp³-hybridized carbons (Fsp3) is 0.267. The van der Waals surface area contributed by atoms with E-state index in [0.29, 0.717) is 5.56 Å². The second-order valence-electron chi connectivity index (χ2n) is 4.95. The Morgan fingerprint density at radius 2 is 2.10 bits per heavy atom. The summed E-state index contributed by atoms with van der Waals surface area (Å²) in [5, 5.41) is 4.95. The third-order valence-electron chi connectivity index (χ3n) is 3.06. The number of nitrogen functional groups attached to an aromatic ring is 1. The highest BCUT2D eigenvalue weighted by molar-refractivity contribution is 7.10. The standard InChI is InChI=1S/C15H17FN2OS/c1-9(2)14(13-4-3-7-20-13)18-15(19)10-5-6-11(16)12(17)8-10/h3-9,14H,17H2,1-2H3,(H,18,19). The van der Waals surface area contributed by atoms with Crippen molar-refractivity contribution >= 4 is 22.9 Å². The van der Waals surface area contributed by atoms with Gasteiger partial charge in [0.15, 0.2) is 0 Å². The minimum atomic E-state index is -0.514. The maximum atomic E-state index is 13.1. The minimum Gasteiger partial charge on any atom is -0.396 e. The average Bonchev–Trinajstić information content (AvgIpc) is 2.92. The summed E-state index contributed by atoms with van der Waals surface area (Å²) < 4.78 is 13.1. The van der Waals surface area contributed by atoms with Crippen LogP contribution in [0.4, 0.5) is 10.1 Å². The number of nitrogens with one attached hydrogen (secondary N) is 1. The van der Waals surface area contributed by atoms with Crippen LogP contribution in [0.3, 0.4) is 0 Å². The first-order valence-electron chi connectivity index (χ1n) is 6.38. The van der Waals surface area contributed by atoms with Gasteiger partial charge in [0.25, 0.3) is 5.91 Å². The van der Waals surface area contributed by atoms with Gasteiger partial charge in [-0.05, 0) is 35.6 Å². The topological polar surface area (TPSA) is 55.1 Å². The summed E-state index contributed by atoms with van der Waals surface area (Å²) in [7, 11) is 0. The zero-order valence-electron chi connectivity index (χ0n) is 11.4. The van der Waals surface area contributed by atoms with Crippen molar-refractivity contribution in [3.05, 3.63) is 52.0 Å². The van der Waals surface area contributed by atoms with Crippen LogP contribution < -0.4 is 11.1 Å². The SMILES string of the molecule is CC(C)C(NC(=O)c1ccc(F)c(N)c1)c1cccs1. The molecule has 3 nitrogen and oxygen atoms in total. The van der Waals surface area contributed by atoms with Crippen LogP contribution >= 0.6 is 11.3 Å². The molecule has 106 valence electrons. The van der Waals surface area contributed by atoms with E-state index in [2.05, 4.69) is 5.32 Å². The van der Waals surface area contributed by atoms with E-state index in [0.717, 1.165) is 4.88 Å². The smallest absolute Gasteiger partial charge is 0.251 e. The Hall–Kier alpha value is -1.88. The minimum absolute atomic E-state index is 0.0186. The summed E-state index contributed by atoms with van der Waals surface area (Å²) in [5.41, 5.74) is 5.84. The molecular weight excluding hydrogens is 275 g/mol. The molecule has 0 aliphatic rings. The number of carbonyl (C=O) groups is 1. The van der Waals surface area contributed by atoms with E-state index in [1.807, 2.05) is 31.4 Å². The van der Waals surface area contributed by atoms with Gasteiger partial charge in [0.05, 0.1) is 11.7 Å². The molecule has 2 aromatic rings. The summed E-state index contributed by atoms with van der Waals surface area (Å²) in [6.07, 6.45) is 0. The highest BCUT2D eigenvalue weighted by Gasteiger charge is 2.20. The molecule has 1 aromatic heterocycles. The van der Waals surface area contributed by atoms with Crippen molar-refractivity contribution < 1.29 is 9.18 Å². The zero-order chi connectivity index (χ0) is 14.7. The number of halogens is 1. The van der Waals surface area contributed by atoms with Gasteiger partial charge < -0.3 is 11.1 Å². The van der Waals surface area contributed by atoms with Gasteiger partial charge >= 0.3 is 0 Å². The zero-order valence-corrected chi connectivity index (χ0v) is 12.2. The molecular formula is C15H17FN2OS. The van der Waals surface area contributed by atoms with Gasteiger partial charge in [-0.15, -0.1) is 11.3 Å². The number of thiophene rings is 1. The third kappa shape index (κ3) is 3.17. The Kier molecular flexibility index (Phi) is 4.39. The van der Waals surface area contributed by atoms with Crippen molar-refractivity contribution in [1.82, 2.24) is 5.32 Å². The van der Waals surface area contributed by atoms with Crippen LogP contribution in [0.2, 0.25) is 0 Å². The fourth-order valence-electron chi connectivity index (χ4n) is 1.94. The Morgan fingerprint density at radius 3 is 2.65 bits per heavy atom. The predicted octanol–water partition coefficient (Wildman–Crippen LogP) is 3.60. The van der Waals surface area contributed by atoms with E-state index >= 15 is 0 Å². The van der Waals surface area contributed by atoms with Gasteiger partial charge in [-0.3, -0.25) is 4.79 Å². The quantitative estimate of drug-likeness (QED) is 0.846. The van der Waals surface area contributed by atoms with E-state index in [1.165, 1.54) is 18.2 Å². The number of hydrogen-bond acceptors (Lipinski definition) is 3. The second kappa shape index (κ2) is 6.05. The van der Waals surface area contributed by atoms with Crippen LogP contribution in [0.1, 0.15) is 35.1 Å². The maximum Gasteiger partial charge on any atom is 0.251 e. The van der Waals surface area contributed by atoms with E-state index < -0.39 is 5.82 Å². The number of hydrogen-bond donors (Lipinski definition) is 2. The molecule has 0 saturated carbocycles. The van der Waals surface area contributed by atoms with Crippen LogP contribution in [-0.2, 0) is 0 Å². The number of carbonyl (C=O) groups excluding carboxylic acids is 1. The first kappa shape index (κ1) is 14.5. The molecule has 1 heterocycles. The largest absolute Gasteiger partial charge is 0.396 e. The highest BCUT2D eigenvalue weighted by Crippen LogP contribution is 2.26. The Balaban J connectivity index is 2.18. The van der Waals surface area contributed by atoms with Crippen LogP contribution in [0.5, 0.6) is 0 Å². The van der Waals surface area contributed by atoms with Crippen molar-refractivity contribution in [3.8, 4) is 0 Å². The van der Waals surface area contributed by atoms with Crippen LogP contribution in [0, 0.1) is 11.7 Å². The predicted molar refractivity (Wildman–Crippen MR) is 80.2 cm³/mol. The average molecular weight is 292 g/mol. The summed E-state index contributed by atoms with van der Waals surface area (Å²) in [6, 6.07) is 7.89. The fourth-order valence-corrected chi connectivity index (χ4v) is 2.89. The van der Waals surface area contributed by atoms with E-state index in [9.17, 15) is 9.18 Å². The van der Waals surface area contributed by atoms with E-state index in [-0.39, 0.29) is 23.6 Å². The molecule has 0 aliphatic carbocycles. The van der Waals surface area contributed by atoms with Gasteiger partial charge in [0.2, 0.25) is 0 Å². The first-order chi connectivity index (χ1) is 9.49. The molecule has 0 fully saturated rings. The Morgan fingerprint density at radius 1 is 1.35 bits per heavy atom. The molecule has 1 atom stereocenters. The summed E-state index contributed by atoms with van der Waals surface area (Å²) >= 11 is 1.60. The molecule has 20 heavy (non-hydrogen) atoms. The van der Waals surface area contributed by atoms with Gasteiger partial charge in [-0.2, -0.15) is 0 Å². The number of rotatable bonds is 4. The van der Waals surface area contributed by atoms with E-state index in [1.54, 1.807) is 11.3 Å². The summed E-state index contributed by atoms with van der Waals surface area (Å²) in [6.45, 7) is 4.09. The van der Waals surface area contributed by atoms with Crippen LogP contribution in [-0.4, -0.2) is 5.91 Å². The van der Waals surface area contributed by atoms with Crippen molar-refractivity contribution in [2.24, 2.45) is 5.92 Å². The Bertz CT molecular complexity index is 596.